The summed E-state index contributed by atoms with van der Waals surface area (Å²) in [5.41, 5.74) is 1.03. The third kappa shape index (κ3) is 2.77. The van der Waals surface area contributed by atoms with E-state index < -0.39 is 0 Å². The lowest BCUT2D eigenvalue weighted by Gasteiger charge is -2.05. The van der Waals surface area contributed by atoms with Crippen LogP contribution in [0.15, 0.2) is 36.4 Å². The molecule has 92 valence electrons. The zero-order chi connectivity index (χ0) is 13.3. The molecule has 0 saturated carbocycles. The lowest BCUT2D eigenvalue weighted by molar-refractivity contribution is 0.103. The van der Waals surface area contributed by atoms with E-state index in [-0.39, 0.29) is 17.3 Å². The SMILES string of the molecule is O=C(c1ccc(O)cc1)c1cc(I)c(O)c(I)c1. The van der Waals surface area contributed by atoms with Crippen LogP contribution in [0.3, 0.4) is 0 Å². The van der Waals surface area contributed by atoms with Gasteiger partial charge in [-0.15, -0.1) is 0 Å². The van der Waals surface area contributed by atoms with E-state index in [1.54, 1.807) is 24.3 Å². The van der Waals surface area contributed by atoms with Gasteiger partial charge in [-0.1, -0.05) is 0 Å². The van der Waals surface area contributed by atoms with Crippen molar-refractivity contribution in [1.29, 1.82) is 0 Å². The van der Waals surface area contributed by atoms with E-state index in [0.29, 0.717) is 18.3 Å². The number of carbonyl (C=O) groups is 1. The fourth-order valence-electron chi connectivity index (χ4n) is 1.48. The minimum Gasteiger partial charge on any atom is -0.508 e. The highest BCUT2D eigenvalue weighted by Gasteiger charge is 2.13. The highest BCUT2D eigenvalue weighted by atomic mass is 127. The minimum atomic E-state index is -0.133. The van der Waals surface area contributed by atoms with Crippen molar-refractivity contribution in [2.45, 2.75) is 0 Å². The average molecular weight is 466 g/mol. The number of ketones is 1. The second kappa shape index (κ2) is 5.43. The molecule has 0 aliphatic carbocycles. The van der Waals surface area contributed by atoms with Crippen LogP contribution in [0, 0.1) is 7.14 Å². The summed E-state index contributed by atoms with van der Waals surface area (Å²) in [4.78, 5) is 12.2. The van der Waals surface area contributed by atoms with Gasteiger partial charge in [0.1, 0.15) is 11.5 Å². The fourth-order valence-corrected chi connectivity index (χ4v) is 3.24. The van der Waals surface area contributed by atoms with E-state index in [1.807, 2.05) is 45.2 Å². The molecule has 0 aromatic heterocycles. The van der Waals surface area contributed by atoms with Crippen LogP contribution in [0.1, 0.15) is 15.9 Å². The summed E-state index contributed by atoms with van der Waals surface area (Å²) in [5, 5.41) is 18.8. The summed E-state index contributed by atoms with van der Waals surface area (Å²) in [7, 11) is 0. The van der Waals surface area contributed by atoms with Crippen LogP contribution in [0.2, 0.25) is 0 Å². The largest absolute Gasteiger partial charge is 0.508 e. The third-order valence-corrected chi connectivity index (χ3v) is 4.05. The van der Waals surface area contributed by atoms with E-state index in [4.69, 9.17) is 0 Å². The lowest BCUT2D eigenvalue weighted by atomic mass is 10.0. The molecule has 0 fully saturated rings. The lowest BCUT2D eigenvalue weighted by Crippen LogP contribution is -2.02. The number of hydrogen-bond acceptors (Lipinski definition) is 3. The van der Waals surface area contributed by atoms with Gasteiger partial charge in [-0.25, -0.2) is 0 Å². The van der Waals surface area contributed by atoms with Crippen LogP contribution in [-0.4, -0.2) is 16.0 Å². The van der Waals surface area contributed by atoms with Gasteiger partial charge in [0.2, 0.25) is 0 Å². The summed E-state index contributed by atoms with van der Waals surface area (Å²) in [6.45, 7) is 0. The first kappa shape index (κ1) is 13.6. The number of halogens is 2. The van der Waals surface area contributed by atoms with Crippen molar-refractivity contribution in [1.82, 2.24) is 0 Å². The first-order valence-corrected chi connectivity index (χ1v) is 7.16. The summed E-state index contributed by atoms with van der Waals surface area (Å²) in [5.74, 6) is 0.186. The number of rotatable bonds is 2. The van der Waals surface area contributed by atoms with E-state index in [0.717, 1.165) is 0 Å². The zero-order valence-corrected chi connectivity index (χ0v) is 13.3. The van der Waals surface area contributed by atoms with Crippen molar-refractivity contribution in [3.8, 4) is 11.5 Å². The molecule has 0 heterocycles. The molecule has 2 rings (SSSR count). The Kier molecular flexibility index (Phi) is 4.10. The molecule has 2 aromatic carbocycles. The average Bonchev–Trinajstić information content (AvgIpc) is 2.35. The minimum absolute atomic E-state index is 0.126. The van der Waals surface area contributed by atoms with Gasteiger partial charge in [0.05, 0.1) is 7.14 Å². The van der Waals surface area contributed by atoms with Crippen LogP contribution in [0.25, 0.3) is 0 Å². The monoisotopic (exact) mass is 466 g/mol. The number of hydrogen-bond donors (Lipinski definition) is 2. The molecule has 0 aliphatic heterocycles. The van der Waals surface area contributed by atoms with E-state index >= 15 is 0 Å². The van der Waals surface area contributed by atoms with Gasteiger partial charge in [0.25, 0.3) is 0 Å². The van der Waals surface area contributed by atoms with Crippen molar-refractivity contribution in [2.75, 3.05) is 0 Å². The van der Waals surface area contributed by atoms with Gasteiger partial charge in [-0.3, -0.25) is 4.79 Å². The molecule has 2 aromatic rings. The molecule has 2 N–H and O–H groups in total. The molecule has 0 saturated heterocycles. The Labute approximate surface area is 131 Å². The number of phenolic OH excluding ortho intramolecular Hbond substituents is 2. The molecule has 0 bridgehead atoms. The van der Waals surface area contributed by atoms with Crippen LogP contribution in [0.4, 0.5) is 0 Å². The van der Waals surface area contributed by atoms with Gasteiger partial charge in [-0.05, 0) is 81.6 Å². The Bertz CT molecular complexity index is 583. The van der Waals surface area contributed by atoms with Gasteiger partial charge in [0.15, 0.2) is 5.78 Å². The van der Waals surface area contributed by atoms with Crippen molar-refractivity contribution >= 4 is 51.0 Å². The number of aromatic hydroxyl groups is 2. The molecule has 5 heteroatoms. The highest BCUT2D eigenvalue weighted by molar-refractivity contribution is 14.1. The Balaban J connectivity index is 2.43. The third-order valence-electron chi connectivity index (χ3n) is 2.41. The molecule has 18 heavy (non-hydrogen) atoms. The number of carbonyl (C=O) groups excluding carboxylic acids is 1. The van der Waals surface area contributed by atoms with Gasteiger partial charge >= 0.3 is 0 Å². The summed E-state index contributed by atoms with van der Waals surface area (Å²) < 4.78 is 1.28. The number of phenols is 2. The normalized spacial score (nSPS) is 10.3. The quantitative estimate of drug-likeness (QED) is 0.527. The Morgan fingerprint density at radius 1 is 0.889 bits per heavy atom. The van der Waals surface area contributed by atoms with Crippen LogP contribution in [0.5, 0.6) is 11.5 Å². The maximum absolute atomic E-state index is 12.2. The summed E-state index contributed by atoms with van der Waals surface area (Å²) in [6, 6.07) is 9.39. The smallest absolute Gasteiger partial charge is 0.193 e. The molecule has 0 aliphatic rings. The van der Waals surface area contributed by atoms with Gasteiger partial charge in [-0.2, -0.15) is 0 Å². The van der Waals surface area contributed by atoms with Crippen LogP contribution >= 0.6 is 45.2 Å². The Morgan fingerprint density at radius 2 is 1.39 bits per heavy atom. The number of benzene rings is 2. The summed E-state index contributed by atoms with van der Waals surface area (Å²) >= 11 is 3.97. The molecule has 3 nitrogen and oxygen atoms in total. The second-order valence-electron chi connectivity index (χ2n) is 3.66. The predicted molar refractivity (Wildman–Crippen MR) is 85.1 cm³/mol. The van der Waals surface area contributed by atoms with E-state index in [1.165, 1.54) is 12.1 Å². The molecule has 0 atom stereocenters. The summed E-state index contributed by atoms with van der Waals surface area (Å²) in [6.07, 6.45) is 0. The van der Waals surface area contributed by atoms with Crippen LogP contribution in [-0.2, 0) is 0 Å². The fraction of sp³-hybridized carbons (Fsp3) is 0. The van der Waals surface area contributed by atoms with Crippen LogP contribution < -0.4 is 0 Å². The van der Waals surface area contributed by atoms with E-state index in [9.17, 15) is 15.0 Å². The molecule has 0 radical (unpaired) electrons. The maximum atomic E-state index is 12.2. The molecular weight excluding hydrogens is 458 g/mol. The van der Waals surface area contributed by atoms with Gasteiger partial charge in [0, 0.05) is 11.1 Å². The van der Waals surface area contributed by atoms with Crippen molar-refractivity contribution in [3.63, 3.8) is 0 Å². The van der Waals surface area contributed by atoms with Crippen molar-refractivity contribution < 1.29 is 15.0 Å². The molecule has 0 unspecified atom stereocenters. The van der Waals surface area contributed by atoms with E-state index in [2.05, 4.69) is 0 Å². The molecule has 0 amide bonds. The first-order chi connectivity index (χ1) is 8.49. The van der Waals surface area contributed by atoms with Crippen molar-refractivity contribution in [3.05, 3.63) is 54.7 Å². The topological polar surface area (TPSA) is 57.5 Å². The van der Waals surface area contributed by atoms with Crippen molar-refractivity contribution in [2.24, 2.45) is 0 Å². The van der Waals surface area contributed by atoms with Gasteiger partial charge < -0.3 is 10.2 Å². The first-order valence-electron chi connectivity index (χ1n) is 5.01. The molecular formula is C13H8I2O3. The Morgan fingerprint density at radius 3 is 1.89 bits per heavy atom. The zero-order valence-electron chi connectivity index (χ0n) is 9.02. The molecule has 0 spiro atoms. The predicted octanol–water partition coefficient (Wildman–Crippen LogP) is 3.54. The second-order valence-corrected chi connectivity index (χ2v) is 5.99. The highest BCUT2D eigenvalue weighted by Crippen LogP contribution is 2.28. The standard InChI is InChI=1S/C13H8I2O3/c14-10-5-8(6-11(15)13(10)18)12(17)7-1-3-9(16)4-2-7/h1-6,16,18H. The Hall–Kier alpha value is -0.830. The maximum Gasteiger partial charge on any atom is 0.193 e.